The van der Waals surface area contributed by atoms with Crippen LogP contribution in [-0.2, 0) is 18.9 Å². The van der Waals surface area contributed by atoms with E-state index >= 15 is 0 Å². The zero-order valence-electron chi connectivity index (χ0n) is 13.4. The van der Waals surface area contributed by atoms with Gasteiger partial charge in [-0.1, -0.05) is 0 Å². The Hall–Kier alpha value is -0.820. The van der Waals surface area contributed by atoms with E-state index in [-0.39, 0.29) is 0 Å². The van der Waals surface area contributed by atoms with E-state index in [1.807, 2.05) is 0 Å². The van der Waals surface area contributed by atoms with E-state index in [1.54, 1.807) is 6.92 Å². The largest absolute Gasteiger partial charge is 0.472 e. The average Bonchev–Trinajstić information content (AvgIpc) is 3.22. The molecule has 1 aliphatic carbocycles. The van der Waals surface area contributed by atoms with Crippen LogP contribution in [0.2, 0.25) is 0 Å². The number of ether oxygens (including phenoxy) is 4. The summed E-state index contributed by atoms with van der Waals surface area (Å²) in [6.45, 7) is 1.11. The normalized spacial score (nSPS) is 59.9. The van der Waals surface area contributed by atoms with E-state index in [2.05, 4.69) is 0 Å². The van der Waals surface area contributed by atoms with Gasteiger partial charge in [0.2, 0.25) is 6.29 Å². The minimum Gasteiger partial charge on any atom is -0.472 e. The molecule has 10 heteroatoms. The highest BCUT2D eigenvalue weighted by atomic mass is 16.8. The van der Waals surface area contributed by atoms with E-state index in [1.165, 1.54) is 12.3 Å². The molecule has 0 amide bonds. The zero-order chi connectivity index (χ0) is 18.1. The molecule has 0 radical (unpaired) electrons. The summed E-state index contributed by atoms with van der Waals surface area (Å²) >= 11 is 0. The predicted molar refractivity (Wildman–Crippen MR) is 76.6 cm³/mol. The zero-order valence-corrected chi connectivity index (χ0v) is 13.4. The summed E-state index contributed by atoms with van der Waals surface area (Å²) in [6, 6.07) is 0. The summed E-state index contributed by atoms with van der Waals surface area (Å²) < 4.78 is 21.8. The lowest BCUT2D eigenvalue weighted by molar-refractivity contribution is -0.349. The first-order valence-electron chi connectivity index (χ1n) is 8.11. The number of fused-ring (bicyclic) bond motifs is 3. The Bertz CT molecular complexity index is 569. The Balaban J connectivity index is 1.56. The van der Waals surface area contributed by atoms with Gasteiger partial charge in [-0.15, -0.1) is 0 Å². The van der Waals surface area contributed by atoms with Crippen LogP contribution in [0.25, 0.3) is 0 Å². The Morgan fingerprint density at radius 1 is 1.08 bits per heavy atom. The van der Waals surface area contributed by atoms with Gasteiger partial charge in [0.1, 0.15) is 47.8 Å². The summed E-state index contributed by atoms with van der Waals surface area (Å²) in [5.74, 6) is -0.808. The molecule has 142 valence electrons. The van der Waals surface area contributed by atoms with E-state index in [4.69, 9.17) is 18.9 Å². The second kappa shape index (κ2) is 5.59. The lowest BCUT2D eigenvalue weighted by Crippen LogP contribution is -2.61. The van der Waals surface area contributed by atoms with Gasteiger partial charge in [-0.05, 0) is 13.0 Å². The molecular weight excluding hydrogens is 340 g/mol. The van der Waals surface area contributed by atoms with E-state index < -0.39 is 72.9 Å². The number of hydrogen-bond acceptors (Lipinski definition) is 10. The van der Waals surface area contributed by atoms with Crippen LogP contribution in [0.15, 0.2) is 12.3 Å². The van der Waals surface area contributed by atoms with Crippen LogP contribution in [0, 0.1) is 5.92 Å². The Morgan fingerprint density at radius 2 is 1.80 bits per heavy atom. The van der Waals surface area contributed by atoms with Crippen molar-refractivity contribution in [3.8, 4) is 0 Å². The summed E-state index contributed by atoms with van der Waals surface area (Å²) in [6.07, 6.45) is -7.63. The third-order valence-corrected chi connectivity index (χ3v) is 5.70. The average molecular weight is 362 g/mol. The van der Waals surface area contributed by atoms with Crippen molar-refractivity contribution in [3.63, 3.8) is 0 Å². The first kappa shape index (κ1) is 17.6. The maximum absolute atomic E-state index is 10.8. The molecule has 4 aliphatic rings. The van der Waals surface area contributed by atoms with Crippen molar-refractivity contribution in [2.24, 2.45) is 5.92 Å². The van der Waals surface area contributed by atoms with Gasteiger partial charge in [-0.2, -0.15) is 0 Å². The summed E-state index contributed by atoms with van der Waals surface area (Å²) in [7, 11) is 0. The Kier molecular flexibility index (Phi) is 3.93. The molecule has 4 rings (SSSR count). The van der Waals surface area contributed by atoms with Gasteiger partial charge in [0.15, 0.2) is 6.29 Å². The van der Waals surface area contributed by atoms with Gasteiger partial charge in [0.05, 0.1) is 18.8 Å². The summed E-state index contributed by atoms with van der Waals surface area (Å²) in [4.78, 5) is 0. The highest BCUT2D eigenvalue weighted by Gasteiger charge is 2.79. The lowest BCUT2D eigenvalue weighted by Gasteiger charge is -2.45. The molecule has 0 aromatic heterocycles. The Morgan fingerprint density at radius 3 is 2.48 bits per heavy atom. The lowest BCUT2D eigenvalue weighted by atomic mass is 9.82. The van der Waals surface area contributed by atoms with Crippen LogP contribution < -0.4 is 0 Å². The number of aliphatic hydroxyl groups excluding tert-OH is 5. The summed E-state index contributed by atoms with van der Waals surface area (Å²) in [5, 5.41) is 60.0. The number of aliphatic hydroxyl groups is 6. The maximum atomic E-state index is 10.8. The SMILES string of the molecule is C[C@]12O[C@H]1[C@@H](O)[C@]1(O)C=CO[C@H](O[C@@H]3O[C@H](CO)[C@@H](O)[C@H](O)[C@H]3O)[C@@H]12. The van der Waals surface area contributed by atoms with Gasteiger partial charge in [0, 0.05) is 0 Å². The molecule has 3 aliphatic heterocycles. The molecule has 1 saturated carbocycles. The third kappa shape index (κ3) is 2.30. The molecule has 25 heavy (non-hydrogen) atoms. The second-order valence-corrected chi connectivity index (χ2v) is 7.17. The molecule has 10 nitrogen and oxygen atoms in total. The number of epoxide rings is 1. The molecule has 0 aromatic carbocycles. The molecule has 0 spiro atoms. The fourth-order valence-corrected chi connectivity index (χ4v) is 4.17. The van der Waals surface area contributed by atoms with Gasteiger partial charge in [-0.25, -0.2) is 0 Å². The molecular formula is C15H22O10. The minimum absolute atomic E-state index is 0.574. The molecule has 0 bridgehead atoms. The fourth-order valence-electron chi connectivity index (χ4n) is 4.17. The van der Waals surface area contributed by atoms with Crippen molar-refractivity contribution in [1.29, 1.82) is 0 Å². The smallest absolute Gasteiger partial charge is 0.210 e. The molecule has 0 aromatic rings. The van der Waals surface area contributed by atoms with Gasteiger partial charge in [-0.3, -0.25) is 0 Å². The van der Waals surface area contributed by atoms with Crippen molar-refractivity contribution in [2.75, 3.05) is 6.61 Å². The molecule has 2 saturated heterocycles. The molecule has 0 unspecified atom stereocenters. The first-order chi connectivity index (χ1) is 11.7. The van der Waals surface area contributed by atoms with Crippen molar-refractivity contribution < 1.29 is 49.6 Å². The molecule has 3 fully saturated rings. The minimum atomic E-state index is -1.63. The van der Waals surface area contributed by atoms with Gasteiger partial charge < -0.3 is 49.6 Å². The van der Waals surface area contributed by atoms with Crippen molar-refractivity contribution in [1.82, 2.24) is 0 Å². The van der Waals surface area contributed by atoms with Crippen LogP contribution in [0.5, 0.6) is 0 Å². The van der Waals surface area contributed by atoms with Crippen molar-refractivity contribution in [2.45, 2.75) is 67.3 Å². The highest BCUT2D eigenvalue weighted by molar-refractivity contribution is 5.31. The number of rotatable bonds is 3. The molecule has 6 N–H and O–H groups in total. The molecule has 11 atom stereocenters. The van der Waals surface area contributed by atoms with Crippen molar-refractivity contribution >= 4 is 0 Å². The van der Waals surface area contributed by atoms with E-state index in [0.29, 0.717) is 0 Å². The molecule has 3 heterocycles. The highest BCUT2D eigenvalue weighted by Crippen LogP contribution is 2.61. The van der Waals surface area contributed by atoms with Crippen LogP contribution in [0.3, 0.4) is 0 Å². The van der Waals surface area contributed by atoms with E-state index in [9.17, 15) is 30.6 Å². The van der Waals surface area contributed by atoms with Crippen LogP contribution in [0.4, 0.5) is 0 Å². The maximum Gasteiger partial charge on any atom is 0.210 e. The van der Waals surface area contributed by atoms with Crippen molar-refractivity contribution in [3.05, 3.63) is 12.3 Å². The third-order valence-electron chi connectivity index (χ3n) is 5.70. The summed E-state index contributed by atoms with van der Waals surface area (Å²) in [5.41, 5.74) is -2.51. The quantitative estimate of drug-likeness (QED) is 0.278. The van der Waals surface area contributed by atoms with Crippen LogP contribution in [-0.4, -0.2) is 97.7 Å². The van der Waals surface area contributed by atoms with E-state index in [0.717, 1.165) is 0 Å². The number of hydrogen-bond donors (Lipinski definition) is 6. The second-order valence-electron chi connectivity index (χ2n) is 7.17. The van der Waals surface area contributed by atoms with Crippen LogP contribution in [0.1, 0.15) is 6.92 Å². The standard InChI is InChI=1S/C15H22O10/c1-14-9-13(22-3-2-15(9,21)10(20)11(14)25-14)24-12-8(19)7(18)6(17)5(4-16)23-12/h2-3,5-13,16-21H,4H2,1H3/t5-,6-,7+,8-,9-,10-,11+,12+,13-,14-,15+/m1/s1. The topological polar surface area (TPSA) is 162 Å². The van der Waals surface area contributed by atoms with Gasteiger partial charge in [0.25, 0.3) is 0 Å². The Labute approximate surface area is 142 Å². The fraction of sp³-hybridized carbons (Fsp3) is 0.867. The predicted octanol–water partition coefficient (Wildman–Crippen LogP) is -3.45. The monoisotopic (exact) mass is 362 g/mol. The first-order valence-corrected chi connectivity index (χ1v) is 8.11. The van der Waals surface area contributed by atoms with Crippen LogP contribution >= 0.6 is 0 Å². The van der Waals surface area contributed by atoms with Gasteiger partial charge >= 0.3 is 0 Å².